The number of ether oxygens (including phenoxy) is 2. The smallest absolute Gasteiger partial charge is 0.227 e. The predicted octanol–water partition coefficient (Wildman–Crippen LogP) is 3.02. The van der Waals surface area contributed by atoms with E-state index in [0.717, 1.165) is 36.3 Å². The van der Waals surface area contributed by atoms with E-state index < -0.39 is 5.60 Å². The number of likely N-dealkylation sites (tertiary alicyclic amines) is 1. The molecule has 1 aromatic carbocycles. The first-order chi connectivity index (χ1) is 12.6. The maximum Gasteiger partial charge on any atom is 0.227 e. The molecule has 0 saturated carbocycles. The molecule has 0 bridgehead atoms. The van der Waals surface area contributed by atoms with Gasteiger partial charge < -0.3 is 14.4 Å². The number of methoxy groups -OCH3 is 1. The average molecular weight is 354 g/mol. The molecule has 5 nitrogen and oxygen atoms in total. The van der Waals surface area contributed by atoms with Gasteiger partial charge in [0, 0.05) is 26.0 Å². The molecule has 138 valence electrons. The molecule has 1 fully saturated rings. The Kier molecular flexibility index (Phi) is 5.89. The number of hydrogen-bond acceptors (Lipinski definition) is 4. The lowest BCUT2D eigenvalue weighted by Crippen LogP contribution is -2.54. The van der Waals surface area contributed by atoms with Gasteiger partial charge in [-0.1, -0.05) is 18.2 Å². The molecule has 3 rings (SSSR count). The van der Waals surface area contributed by atoms with Crippen molar-refractivity contribution < 1.29 is 14.3 Å². The number of benzene rings is 1. The number of carbonyl (C=O) groups is 1. The lowest BCUT2D eigenvalue weighted by Gasteiger charge is -2.41. The zero-order valence-corrected chi connectivity index (χ0v) is 15.5. The van der Waals surface area contributed by atoms with Gasteiger partial charge in [-0.05, 0) is 49.1 Å². The van der Waals surface area contributed by atoms with Crippen molar-refractivity contribution in [1.29, 1.82) is 0 Å². The Morgan fingerprint density at radius 2 is 2.00 bits per heavy atom. The van der Waals surface area contributed by atoms with E-state index in [9.17, 15) is 4.79 Å². The maximum atomic E-state index is 12.7. The molecule has 0 N–H and O–H groups in total. The van der Waals surface area contributed by atoms with E-state index in [4.69, 9.17) is 9.47 Å². The van der Waals surface area contributed by atoms with Crippen molar-refractivity contribution in [1.82, 2.24) is 9.88 Å². The Morgan fingerprint density at radius 3 is 2.73 bits per heavy atom. The van der Waals surface area contributed by atoms with Crippen LogP contribution >= 0.6 is 0 Å². The van der Waals surface area contributed by atoms with Crippen LogP contribution in [-0.4, -0.2) is 48.2 Å². The summed E-state index contributed by atoms with van der Waals surface area (Å²) in [5.74, 6) is 0.984. The van der Waals surface area contributed by atoms with Crippen molar-refractivity contribution in [2.75, 3.05) is 26.8 Å². The Bertz CT molecular complexity index is 735. The first-order valence-electron chi connectivity index (χ1n) is 9.02. The minimum atomic E-state index is -0.464. The summed E-state index contributed by atoms with van der Waals surface area (Å²) >= 11 is 0. The van der Waals surface area contributed by atoms with Crippen molar-refractivity contribution in [2.45, 2.75) is 31.8 Å². The van der Waals surface area contributed by atoms with E-state index in [1.807, 2.05) is 48.2 Å². The summed E-state index contributed by atoms with van der Waals surface area (Å²) in [4.78, 5) is 18.6. The molecule has 26 heavy (non-hydrogen) atoms. The van der Waals surface area contributed by atoms with Crippen LogP contribution in [0.25, 0.3) is 0 Å². The van der Waals surface area contributed by atoms with Crippen LogP contribution in [-0.2, 0) is 16.0 Å². The Labute approximate surface area is 155 Å². The molecule has 0 unspecified atom stereocenters. The number of aryl methyl sites for hydroxylation is 1. The minimum Gasteiger partial charge on any atom is -0.490 e. The van der Waals surface area contributed by atoms with E-state index in [-0.39, 0.29) is 5.91 Å². The van der Waals surface area contributed by atoms with Gasteiger partial charge in [0.05, 0.1) is 13.0 Å². The van der Waals surface area contributed by atoms with Gasteiger partial charge in [-0.15, -0.1) is 0 Å². The highest BCUT2D eigenvalue weighted by molar-refractivity contribution is 5.79. The van der Waals surface area contributed by atoms with Gasteiger partial charge in [-0.3, -0.25) is 9.78 Å². The van der Waals surface area contributed by atoms with Gasteiger partial charge in [-0.25, -0.2) is 0 Å². The summed E-state index contributed by atoms with van der Waals surface area (Å²) in [6.45, 7) is 3.78. The minimum absolute atomic E-state index is 0.119. The second-order valence-electron chi connectivity index (χ2n) is 6.89. The number of rotatable bonds is 6. The summed E-state index contributed by atoms with van der Waals surface area (Å²) in [7, 11) is 1.71. The van der Waals surface area contributed by atoms with Crippen LogP contribution in [0.1, 0.15) is 24.0 Å². The van der Waals surface area contributed by atoms with E-state index in [0.29, 0.717) is 19.6 Å². The molecular formula is C21H26N2O3. The number of hydrogen-bond donors (Lipinski definition) is 0. The van der Waals surface area contributed by atoms with Gasteiger partial charge in [-0.2, -0.15) is 0 Å². The lowest BCUT2D eigenvalue weighted by atomic mass is 9.92. The topological polar surface area (TPSA) is 51.7 Å². The van der Waals surface area contributed by atoms with Crippen LogP contribution in [0.4, 0.5) is 0 Å². The first kappa shape index (κ1) is 18.4. The van der Waals surface area contributed by atoms with E-state index in [1.165, 1.54) is 0 Å². The predicted molar refractivity (Wildman–Crippen MR) is 100 cm³/mol. The third-order valence-corrected chi connectivity index (χ3v) is 5.01. The molecule has 0 spiro atoms. The standard InChI is InChI=1S/C21H26N2O3/c1-17-6-3-4-7-19(17)26-16-21(25-2)10-5-13-23(15-21)20(24)14-18-8-11-22-12-9-18/h3-4,6-9,11-12H,5,10,13-16H2,1-2H3/t21-/m1/s1. The molecule has 1 aromatic heterocycles. The van der Waals surface area contributed by atoms with Crippen LogP contribution in [0, 0.1) is 6.92 Å². The third-order valence-electron chi connectivity index (χ3n) is 5.01. The summed E-state index contributed by atoms with van der Waals surface area (Å²) in [6, 6.07) is 11.7. The zero-order chi connectivity index (χ0) is 18.4. The fraction of sp³-hybridized carbons (Fsp3) is 0.429. The SMILES string of the molecule is CO[C@]1(COc2ccccc2C)CCCN(C(=O)Cc2ccncc2)C1. The van der Waals surface area contributed by atoms with Crippen molar-refractivity contribution in [3.8, 4) is 5.75 Å². The highest BCUT2D eigenvalue weighted by Gasteiger charge is 2.38. The van der Waals surface area contributed by atoms with Crippen molar-refractivity contribution >= 4 is 5.91 Å². The molecule has 0 radical (unpaired) electrons. The van der Waals surface area contributed by atoms with Crippen LogP contribution in [0.15, 0.2) is 48.8 Å². The molecule has 1 aliphatic rings. The second kappa shape index (κ2) is 8.32. The van der Waals surface area contributed by atoms with E-state index >= 15 is 0 Å². The molecule has 1 atom stereocenters. The largest absolute Gasteiger partial charge is 0.490 e. The molecule has 1 amide bonds. The lowest BCUT2D eigenvalue weighted by molar-refractivity contribution is -0.142. The highest BCUT2D eigenvalue weighted by atomic mass is 16.5. The zero-order valence-electron chi connectivity index (χ0n) is 15.5. The number of pyridine rings is 1. The Morgan fingerprint density at radius 1 is 1.23 bits per heavy atom. The molecule has 1 aliphatic heterocycles. The van der Waals surface area contributed by atoms with Gasteiger partial charge in [0.2, 0.25) is 5.91 Å². The molecule has 5 heteroatoms. The normalized spacial score (nSPS) is 20.0. The van der Waals surface area contributed by atoms with E-state index in [2.05, 4.69) is 4.98 Å². The average Bonchev–Trinajstić information content (AvgIpc) is 2.68. The maximum absolute atomic E-state index is 12.7. The first-order valence-corrected chi connectivity index (χ1v) is 9.02. The third kappa shape index (κ3) is 4.41. The number of aromatic nitrogens is 1. The summed E-state index contributed by atoms with van der Waals surface area (Å²) in [5, 5.41) is 0. The fourth-order valence-electron chi connectivity index (χ4n) is 3.37. The Hall–Kier alpha value is -2.40. The van der Waals surface area contributed by atoms with Crippen molar-refractivity contribution in [3.63, 3.8) is 0 Å². The molecular weight excluding hydrogens is 328 g/mol. The summed E-state index contributed by atoms with van der Waals surface area (Å²) in [5.41, 5.74) is 1.61. The number of para-hydroxylation sites is 1. The molecule has 2 aromatic rings. The van der Waals surface area contributed by atoms with Crippen molar-refractivity contribution in [3.05, 3.63) is 59.9 Å². The van der Waals surface area contributed by atoms with Crippen LogP contribution in [0.2, 0.25) is 0 Å². The van der Waals surface area contributed by atoms with Gasteiger partial charge in [0.25, 0.3) is 0 Å². The Balaban J connectivity index is 1.64. The fourth-order valence-corrected chi connectivity index (χ4v) is 3.37. The van der Waals surface area contributed by atoms with Crippen LogP contribution < -0.4 is 4.74 Å². The van der Waals surface area contributed by atoms with Crippen molar-refractivity contribution in [2.24, 2.45) is 0 Å². The molecule has 1 saturated heterocycles. The number of nitrogens with zero attached hydrogens (tertiary/aromatic N) is 2. The van der Waals surface area contributed by atoms with Gasteiger partial charge in [0.1, 0.15) is 18.0 Å². The number of piperidine rings is 1. The van der Waals surface area contributed by atoms with Gasteiger partial charge in [0.15, 0.2) is 0 Å². The quantitative estimate of drug-likeness (QED) is 0.800. The van der Waals surface area contributed by atoms with E-state index in [1.54, 1.807) is 19.5 Å². The number of carbonyl (C=O) groups excluding carboxylic acids is 1. The molecule has 0 aliphatic carbocycles. The monoisotopic (exact) mass is 354 g/mol. The van der Waals surface area contributed by atoms with Crippen LogP contribution in [0.5, 0.6) is 5.75 Å². The summed E-state index contributed by atoms with van der Waals surface area (Å²) in [6.07, 6.45) is 5.62. The summed E-state index contributed by atoms with van der Waals surface area (Å²) < 4.78 is 11.9. The second-order valence-corrected chi connectivity index (χ2v) is 6.89. The van der Waals surface area contributed by atoms with Gasteiger partial charge >= 0.3 is 0 Å². The van der Waals surface area contributed by atoms with Crippen LogP contribution in [0.3, 0.4) is 0 Å². The molecule has 2 heterocycles. The number of amides is 1. The highest BCUT2D eigenvalue weighted by Crippen LogP contribution is 2.27.